The third kappa shape index (κ3) is 2.32. The Morgan fingerprint density at radius 2 is 1.90 bits per heavy atom. The highest BCUT2D eigenvalue weighted by atomic mass is 35.5. The molecule has 0 amide bonds. The van der Waals surface area contributed by atoms with Gasteiger partial charge in [0.15, 0.2) is 0 Å². The van der Waals surface area contributed by atoms with Crippen LogP contribution in [0.4, 0.5) is 5.69 Å². The maximum atomic E-state index is 13.0. The summed E-state index contributed by atoms with van der Waals surface area (Å²) >= 11 is 5.98. The molecular weight excluding hydrogens is 306 g/mol. The number of benzene rings is 2. The summed E-state index contributed by atoms with van der Waals surface area (Å²) in [6, 6.07) is 12.6. The minimum absolute atomic E-state index is 0.190. The van der Waals surface area contributed by atoms with Gasteiger partial charge in [0.1, 0.15) is 0 Å². The van der Waals surface area contributed by atoms with Crippen molar-refractivity contribution >= 4 is 27.3 Å². The van der Waals surface area contributed by atoms with E-state index < -0.39 is 10.0 Å². The van der Waals surface area contributed by atoms with Crippen LogP contribution < -0.4 is 4.31 Å². The Kier molecular flexibility index (Phi) is 3.46. The third-order valence-electron chi connectivity index (χ3n) is 3.89. The molecule has 0 saturated heterocycles. The fraction of sp³-hybridized carbons (Fsp3) is 0.250. The maximum absolute atomic E-state index is 13.0. The number of aryl methyl sites for hydroxylation is 1. The van der Waals surface area contributed by atoms with Crippen LogP contribution >= 0.6 is 11.6 Å². The molecule has 2 aromatic carbocycles. The van der Waals surface area contributed by atoms with E-state index in [1.807, 2.05) is 31.2 Å². The van der Waals surface area contributed by atoms with Crippen LogP contribution in [-0.4, -0.2) is 15.0 Å². The number of hydrogen-bond donors (Lipinski definition) is 0. The standard InChI is InChI=1S/C16H16ClNO2S/c1-11-7-8-13(17)9-16(11)21(19,20)18-10-12(2)14-5-3-4-6-15(14)18/h3-9,12H,10H2,1-2H3. The van der Waals surface area contributed by atoms with E-state index in [0.717, 1.165) is 11.3 Å². The van der Waals surface area contributed by atoms with E-state index >= 15 is 0 Å². The molecule has 0 aromatic heterocycles. The maximum Gasteiger partial charge on any atom is 0.264 e. The van der Waals surface area contributed by atoms with Crippen LogP contribution in [-0.2, 0) is 10.0 Å². The average molecular weight is 322 g/mol. The van der Waals surface area contributed by atoms with Crippen LogP contribution in [0.5, 0.6) is 0 Å². The Hall–Kier alpha value is -1.52. The van der Waals surface area contributed by atoms with Crippen molar-refractivity contribution in [3.05, 3.63) is 58.6 Å². The fourth-order valence-electron chi connectivity index (χ4n) is 2.77. The molecule has 2 aromatic rings. The molecule has 21 heavy (non-hydrogen) atoms. The molecule has 1 unspecified atom stereocenters. The van der Waals surface area contributed by atoms with E-state index in [4.69, 9.17) is 11.6 Å². The minimum atomic E-state index is -3.59. The SMILES string of the molecule is Cc1ccc(Cl)cc1S(=O)(=O)N1CC(C)c2ccccc21. The molecule has 1 aliphatic heterocycles. The minimum Gasteiger partial charge on any atom is -0.265 e. The zero-order valence-corrected chi connectivity index (χ0v) is 13.4. The zero-order valence-electron chi connectivity index (χ0n) is 11.9. The van der Waals surface area contributed by atoms with Crippen molar-refractivity contribution in [2.45, 2.75) is 24.7 Å². The van der Waals surface area contributed by atoms with Crippen molar-refractivity contribution in [3.8, 4) is 0 Å². The van der Waals surface area contributed by atoms with Crippen molar-refractivity contribution in [1.82, 2.24) is 0 Å². The number of nitrogens with zero attached hydrogens (tertiary/aromatic N) is 1. The van der Waals surface area contributed by atoms with Gasteiger partial charge in [-0.05, 0) is 36.2 Å². The summed E-state index contributed by atoms with van der Waals surface area (Å²) in [6.07, 6.45) is 0. The van der Waals surface area contributed by atoms with Gasteiger partial charge in [-0.15, -0.1) is 0 Å². The predicted octanol–water partition coefficient (Wildman–Crippen LogP) is 3.96. The number of anilines is 1. The summed E-state index contributed by atoms with van der Waals surface area (Å²) < 4.78 is 27.5. The Morgan fingerprint density at radius 1 is 1.19 bits per heavy atom. The second-order valence-corrected chi connectivity index (χ2v) is 7.67. The van der Waals surface area contributed by atoms with Crippen molar-refractivity contribution in [2.75, 3.05) is 10.8 Å². The van der Waals surface area contributed by atoms with Crippen LogP contribution in [0, 0.1) is 6.92 Å². The molecule has 0 aliphatic carbocycles. The topological polar surface area (TPSA) is 37.4 Å². The van der Waals surface area contributed by atoms with Crippen LogP contribution in [0.15, 0.2) is 47.4 Å². The molecule has 0 radical (unpaired) electrons. The molecule has 1 aliphatic rings. The first kappa shape index (κ1) is 14.4. The zero-order chi connectivity index (χ0) is 15.2. The lowest BCUT2D eigenvalue weighted by molar-refractivity contribution is 0.590. The van der Waals surface area contributed by atoms with E-state index in [2.05, 4.69) is 0 Å². The molecule has 110 valence electrons. The van der Waals surface area contributed by atoms with Gasteiger partial charge in [0.2, 0.25) is 0 Å². The molecule has 0 saturated carbocycles. The predicted molar refractivity (Wildman–Crippen MR) is 85.6 cm³/mol. The third-order valence-corrected chi connectivity index (χ3v) is 6.05. The Bertz CT molecular complexity index is 802. The first-order chi connectivity index (χ1) is 9.91. The number of fused-ring (bicyclic) bond motifs is 1. The van der Waals surface area contributed by atoms with Crippen LogP contribution in [0.25, 0.3) is 0 Å². The smallest absolute Gasteiger partial charge is 0.264 e. The van der Waals surface area contributed by atoms with Gasteiger partial charge in [0.05, 0.1) is 10.6 Å². The van der Waals surface area contributed by atoms with Crippen molar-refractivity contribution in [1.29, 1.82) is 0 Å². The summed E-state index contributed by atoms with van der Waals surface area (Å²) in [5.41, 5.74) is 2.54. The molecular formula is C16H16ClNO2S. The highest BCUT2D eigenvalue weighted by molar-refractivity contribution is 7.93. The van der Waals surface area contributed by atoms with Gasteiger partial charge in [0.25, 0.3) is 10.0 Å². The van der Waals surface area contributed by atoms with E-state index in [9.17, 15) is 8.42 Å². The van der Waals surface area contributed by atoms with Gasteiger partial charge < -0.3 is 0 Å². The van der Waals surface area contributed by atoms with Crippen LogP contribution in [0.3, 0.4) is 0 Å². The molecule has 1 atom stereocenters. The number of rotatable bonds is 2. The molecule has 3 rings (SSSR count). The molecule has 0 bridgehead atoms. The normalized spacial score (nSPS) is 17.9. The van der Waals surface area contributed by atoms with E-state index in [0.29, 0.717) is 17.1 Å². The highest BCUT2D eigenvalue weighted by Crippen LogP contribution is 2.39. The van der Waals surface area contributed by atoms with E-state index in [-0.39, 0.29) is 10.8 Å². The molecule has 0 spiro atoms. The molecule has 5 heteroatoms. The lowest BCUT2D eigenvalue weighted by atomic mass is 10.0. The summed E-state index contributed by atoms with van der Waals surface area (Å²) in [5.74, 6) is 0.190. The van der Waals surface area contributed by atoms with Gasteiger partial charge in [-0.1, -0.05) is 42.8 Å². The van der Waals surface area contributed by atoms with Gasteiger partial charge in [-0.25, -0.2) is 8.42 Å². The largest absolute Gasteiger partial charge is 0.265 e. The molecule has 0 N–H and O–H groups in total. The summed E-state index contributed by atoms with van der Waals surface area (Å²) in [6.45, 7) is 4.29. The summed E-state index contributed by atoms with van der Waals surface area (Å²) in [4.78, 5) is 0.277. The van der Waals surface area contributed by atoms with Gasteiger partial charge in [-0.2, -0.15) is 0 Å². The number of para-hydroxylation sites is 1. The Balaban J connectivity index is 2.14. The number of halogens is 1. The summed E-state index contributed by atoms with van der Waals surface area (Å²) in [5, 5.41) is 0.430. The van der Waals surface area contributed by atoms with Crippen LogP contribution in [0.1, 0.15) is 24.0 Å². The van der Waals surface area contributed by atoms with Gasteiger partial charge in [-0.3, -0.25) is 4.31 Å². The van der Waals surface area contributed by atoms with Gasteiger partial charge in [0, 0.05) is 17.5 Å². The quantitative estimate of drug-likeness (QED) is 0.839. The number of sulfonamides is 1. The lowest BCUT2D eigenvalue weighted by Crippen LogP contribution is -2.30. The van der Waals surface area contributed by atoms with E-state index in [1.165, 1.54) is 10.4 Å². The Morgan fingerprint density at radius 3 is 2.67 bits per heavy atom. The highest BCUT2D eigenvalue weighted by Gasteiger charge is 2.35. The van der Waals surface area contributed by atoms with E-state index in [1.54, 1.807) is 19.1 Å². The molecule has 0 fully saturated rings. The first-order valence-electron chi connectivity index (χ1n) is 6.79. The molecule has 3 nitrogen and oxygen atoms in total. The second-order valence-electron chi connectivity index (χ2n) is 5.41. The fourth-order valence-corrected chi connectivity index (χ4v) is 4.85. The molecule has 1 heterocycles. The summed E-state index contributed by atoms with van der Waals surface area (Å²) in [7, 11) is -3.59. The lowest BCUT2D eigenvalue weighted by Gasteiger charge is -2.21. The van der Waals surface area contributed by atoms with Gasteiger partial charge >= 0.3 is 0 Å². The van der Waals surface area contributed by atoms with Crippen molar-refractivity contribution in [3.63, 3.8) is 0 Å². The van der Waals surface area contributed by atoms with Crippen LogP contribution in [0.2, 0.25) is 5.02 Å². The average Bonchev–Trinajstić information content (AvgIpc) is 2.80. The number of hydrogen-bond acceptors (Lipinski definition) is 2. The Labute approximate surface area is 130 Å². The monoisotopic (exact) mass is 321 g/mol. The second kappa shape index (κ2) is 5.04. The van der Waals surface area contributed by atoms with Crippen molar-refractivity contribution in [2.24, 2.45) is 0 Å². The first-order valence-corrected chi connectivity index (χ1v) is 8.61. The van der Waals surface area contributed by atoms with Crippen molar-refractivity contribution < 1.29 is 8.42 Å².